The minimum Gasteiger partial charge on any atom is -0.340 e. The molecule has 3 heteroatoms. The van der Waals surface area contributed by atoms with E-state index >= 15 is 0 Å². The molecule has 1 aliphatic heterocycles. The van der Waals surface area contributed by atoms with Crippen LogP contribution in [0.15, 0.2) is 0 Å². The summed E-state index contributed by atoms with van der Waals surface area (Å²) in [5, 5.41) is 2.88. The van der Waals surface area contributed by atoms with Crippen molar-refractivity contribution in [2.24, 2.45) is 5.92 Å². The van der Waals surface area contributed by atoms with Gasteiger partial charge in [0.1, 0.15) is 0 Å². The predicted molar refractivity (Wildman–Crippen MR) is 79.4 cm³/mol. The molecule has 0 aromatic rings. The lowest BCUT2D eigenvalue weighted by atomic mass is 9.98. The highest BCUT2D eigenvalue weighted by Gasteiger charge is 2.21. The van der Waals surface area contributed by atoms with Gasteiger partial charge in [-0.1, -0.05) is 33.6 Å². The smallest absolute Gasteiger partial charge is 0.236 e. The fraction of sp³-hybridized carbons (Fsp3) is 0.800. The largest absolute Gasteiger partial charge is 0.340 e. The second-order valence-electron chi connectivity index (χ2n) is 3.60. The maximum atomic E-state index is 11.6. The Hall–Kier alpha value is -1.01. The molecule has 106 valence electrons. The number of nitrogens with zero attached hydrogens (tertiary/aromatic N) is 1. The molecule has 1 amide bonds. The maximum Gasteiger partial charge on any atom is 0.236 e. The van der Waals surface area contributed by atoms with E-state index in [1.807, 2.05) is 39.5 Å². The first-order chi connectivity index (χ1) is 8.77. The lowest BCUT2D eigenvalue weighted by Crippen LogP contribution is -2.43. The summed E-state index contributed by atoms with van der Waals surface area (Å²) >= 11 is 0. The monoisotopic (exact) mass is 254 g/mol. The Bertz CT molecular complexity index is 253. The zero-order valence-corrected chi connectivity index (χ0v) is 13.0. The topological polar surface area (TPSA) is 32.3 Å². The van der Waals surface area contributed by atoms with Gasteiger partial charge in [-0.3, -0.25) is 4.79 Å². The molecule has 1 atom stereocenters. The fourth-order valence-corrected chi connectivity index (χ4v) is 1.79. The van der Waals surface area contributed by atoms with E-state index in [0.717, 1.165) is 25.9 Å². The molecule has 3 nitrogen and oxygen atoms in total. The van der Waals surface area contributed by atoms with Crippen LogP contribution in [0.2, 0.25) is 0 Å². The fourth-order valence-electron chi connectivity index (χ4n) is 1.79. The molecule has 1 fully saturated rings. The van der Waals surface area contributed by atoms with Crippen LogP contribution in [0, 0.1) is 17.8 Å². The molecule has 0 aromatic carbocycles. The summed E-state index contributed by atoms with van der Waals surface area (Å²) in [5.41, 5.74) is 0. The first-order valence-corrected chi connectivity index (χ1v) is 7.12. The summed E-state index contributed by atoms with van der Waals surface area (Å²) in [6.07, 6.45) is 2.21. The van der Waals surface area contributed by atoms with Gasteiger partial charge in [0, 0.05) is 19.0 Å². The summed E-state index contributed by atoms with van der Waals surface area (Å²) in [6, 6.07) is 0. The van der Waals surface area contributed by atoms with Crippen molar-refractivity contribution in [1.82, 2.24) is 10.2 Å². The summed E-state index contributed by atoms with van der Waals surface area (Å²) < 4.78 is 0. The number of hydrogen-bond donors (Lipinski definition) is 1. The van der Waals surface area contributed by atoms with Crippen LogP contribution in [0.3, 0.4) is 0 Å². The molecule has 0 saturated carbocycles. The number of carbonyl (C=O) groups excluding carboxylic acids is 1. The zero-order chi connectivity index (χ0) is 14.4. The van der Waals surface area contributed by atoms with Gasteiger partial charge in [0.15, 0.2) is 0 Å². The van der Waals surface area contributed by atoms with E-state index in [2.05, 4.69) is 17.2 Å². The minimum absolute atomic E-state index is 0.190. The van der Waals surface area contributed by atoms with Crippen LogP contribution in [-0.2, 0) is 4.79 Å². The van der Waals surface area contributed by atoms with Gasteiger partial charge in [0.05, 0.1) is 6.54 Å². The molecule has 1 aliphatic rings. The predicted octanol–water partition coefficient (Wildman–Crippen LogP) is 2.52. The molecule has 1 unspecified atom stereocenters. The molecule has 0 radical (unpaired) electrons. The van der Waals surface area contributed by atoms with Gasteiger partial charge >= 0.3 is 0 Å². The molecule has 18 heavy (non-hydrogen) atoms. The molecule has 0 spiro atoms. The molecule has 0 aromatic heterocycles. The third-order valence-corrected chi connectivity index (χ3v) is 2.45. The lowest BCUT2D eigenvalue weighted by molar-refractivity contribution is -0.131. The van der Waals surface area contributed by atoms with Crippen molar-refractivity contribution < 1.29 is 4.79 Å². The van der Waals surface area contributed by atoms with Crippen molar-refractivity contribution >= 4 is 5.91 Å². The number of nitrogens with one attached hydrogen (secondary N) is 1. The highest BCUT2D eigenvalue weighted by Crippen LogP contribution is 2.15. The number of likely N-dealkylation sites (N-methyl/N-ethyl adjacent to an activating group) is 1. The molecule has 0 bridgehead atoms. The van der Waals surface area contributed by atoms with Gasteiger partial charge in [0.2, 0.25) is 5.91 Å². The Kier molecular flexibility index (Phi) is 15.1. The van der Waals surface area contributed by atoms with Crippen LogP contribution in [0.5, 0.6) is 0 Å². The molecule has 1 saturated heterocycles. The van der Waals surface area contributed by atoms with Gasteiger partial charge in [0.25, 0.3) is 0 Å². The highest BCUT2D eigenvalue weighted by atomic mass is 16.2. The Morgan fingerprint density at radius 2 is 1.94 bits per heavy atom. The van der Waals surface area contributed by atoms with Crippen LogP contribution in [0.1, 0.15) is 47.5 Å². The first kappa shape index (κ1) is 19.3. The Morgan fingerprint density at radius 3 is 2.44 bits per heavy atom. The highest BCUT2D eigenvalue weighted by molar-refractivity contribution is 5.78. The van der Waals surface area contributed by atoms with Gasteiger partial charge in [-0.15, -0.1) is 5.92 Å². The number of likely N-dealkylation sites (tertiary alicyclic amines) is 1. The number of piperidine rings is 1. The molecule has 1 heterocycles. The van der Waals surface area contributed by atoms with Crippen molar-refractivity contribution in [2.45, 2.75) is 47.5 Å². The van der Waals surface area contributed by atoms with E-state index in [-0.39, 0.29) is 5.91 Å². The standard InChI is InChI=1S/C11H18N2O.2C2H6/c1-3-5-10-6-4-7-13(9-10)11(14)8-12-2;2*1-2/h10,12H,4,6-9H2,1-2H3;2*1-2H3. The second-order valence-corrected chi connectivity index (χ2v) is 3.60. The van der Waals surface area contributed by atoms with Crippen molar-refractivity contribution in [3.05, 3.63) is 0 Å². The molecule has 1 N–H and O–H groups in total. The van der Waals surface area contributed by atoms with E-state index in [0.29, 0.717) is 12.5 Å². The molecular weight excluding hydrogens is 224 g/mol. The van der Waals surface area contributed by atoms with Crippen molar-refractivity contribution in [3.63, 3.8) is 0 Å². The minimum atomic E-state index is 0.190. The quantitative estimate of drug-likeness (QED) is 0.768. The van der Waals surface area contributed by atoms with E-state index in [9.17, 15) is 4.79 Å². The van der Waals surface area contributed by atoms with Crippen LogP contribution in [-0.4, -0.2) is 37.5 Å². The zero-order valence-electron chi connectivity index (χ0n) is 13.0. The lowest BCUT2D eigenvalue weighted by Gasteiger charge is -2.30. The normalized spacial score (nSPS) is 17.2. The van der Waals surface area contributed by atoms with E-state index in [1.165, 1.54) is 0 Å². The van der Waals surface area contributed by atoms with E-state index in [4.69, 9.17) is 0 Å². The van der Waals surface area contributed by atoms with Crippen molar-refractivity contribution in [3.8, 4) is 11.8 Å². The maximum absolute atomic E-state index is 11.6. The van der Waals surface area contributed by atoms with Crippen molar-refractivity contribution in [2.75, 3.05) is 26.7 Å². The Labute approximate surface area is 113 Å². The average molecular weight is 254 g/mol. The molecular formula is C15H30N2O. The number of amides is 1. The van der Waals surface area contributed by atoms with Gasteiger partial charge < -0.3 is 10.2 Å². The first-order valence-electron chi connectivity index (χ1n) is 7.12. The number of carbonyl (C=O) groups is 1. The third-order valence-electron chi connectivity index (χ3n) is 2.45. The Balaban J connectivity index is 0. The van der Waals surface area contributed by atoms with Crippen LogP contribution in [0.25, 0.3) is 0 Å². The third kappa shape index (κ3) is 8.14. The molecule has 0 aliphatic carbocycles. The SMILES string of the molecule is CC.CC.CC#CC1CCCN(C(=O)CNC)C1. The van der Waals surface area contributed by atoms with Gasteiger partial charge in [-0.25, -0.2) is 0 Å². The summed E-state index contributed by atoms with van der Waals surface area (Å²) in [5.74, 6) is 6.65. The summed E-state index contributed by atoms with van der Waals surface area (Å²) in [7, 11) is 1.80. The summed E-state index contributed by atoms with van der Waals surface area (Å²) in [6.45, 7) is 12.0. The van der Waals surface area contributed by atoms with Crippen molar-refractivity contribution in [1.29, 1.82) is 0 Å². The van der Waals surface area contributed by atoms with E-state index < -0.39 is 0 Å². The van der Waals surface area contributed by atoms with Crippen LogP contribution < -0.4 is 5.32 Å². The molecule has 1 rings (SSSR count). The van der Waals surface area contributed by atoms with E-state index in [1.54, 1.807) is 7.05 Å². The van der Waals surface area contributed by atoms with Gasteiger partial charge in [-0.05, 0) is 26.8 Å². The second kappa shape index (κ2) is 14.1. The number of rotatable bonds is 2. The van der Waals surface area contributed by atoms with Gasteiger partial charge in [-0.2, -0.15) is 0 Å². The summed E-state index contributed by atoms with van der Waals surface area (Å²) in [4.78, 5) is 13.5. The average Bonchev–Trinajstić information content (AvgIpc) is 2.44. The Morgan fingerprint density at radius 1 is 1.33 bits per heavy atom. The number of hydrogen-bond acceptors (Lipinski definition) is 2. The van der Waals surface area contributed by atoms with Crippen LogP contribution >= 0.6 is 0 Å². The van der Waals surface area contributed by atoms with Crippen LogP contribution in [0.4, 0.5) is 0 Å².